The lowest BCUT2D eigenvalue weighted by atomic mass is 9.96. The summed E-state index contributed by atoms with van der Waals surface area (Å²) < 4.78 is 14.3. The van der Waals surface area contributed by atoms with E-state index < -0.39 is 5.79 Å². The molecule has 134 valence electrons. The fraction of sp³-hybridized carbons (Fsp3) is 0.688. The van der Waals surface area contributed by atoms with E-state index >= 15 is 0 Å². The third kappa shape index (κ3) is 1.91. The van der Waals surface area contributed by atoms with Gasteiger partial charge in [-0.15, -0.1) is 0 Å². The zero-order valence-corrected chi connectivity index (χ0v) is 15.5. The number of aliphatic hydroxyl groups is 1. The number of aromatic nitrogens is 4. The first-order chi connectivity index (χ1) is 11.8. The quantitative estimate of drug-likeness (QED) is 0.632. The Kier molecular flexibility index (Phi) is 3.13. The minimum Gasteiger partial charge on any atom is -0.396 e. The van der Waals surface area contributed by atoms with Crippen LogP contribution in [0.15, 0.2) is 6.33 Å². The monoisotopic (exact) mass is 384 g/mol. The smallest absolute Gasteiger partial charge is 0.225 e. The molecule has 25 heavy (non-hydrogen) atoms. The fourth-order valence-electron chi connectivity index (χ4n) is 5.16. The van der Waals surface area contributed by atoms with Gasteiger partial charge < -0.3 is 19.1 Å². The zero-order valence-electron chi connectivity index (χ0n) is 14.0. The standard InChI is InChI=1S/C16H18Cl2N4O3/c1-6-7-9(10-11(16(6,7)4-23)25-15(2,3)24-10)22-5-19-8-12(17)20-14(18)21-13(8)22/h5-7,9-11,23H,4H2,1-3H3/t6-,7-,9-,10+,11+,16-/m1/s1. The van der Waals surface area contributed by atoms with Gasteiger partial charge in [-0.3, -0.25) is 0 Å². The predicted molar refractivity (Wildman–Crippen MR) is 90.4 cm³/mol. The fourth-order valence-corrected chi connectivity index (χ4v) is 5.58. The van der Waals surface area contributed by atoms with Crippen molar-refractivity contribution in [1.29, 1.82) is 0 Å². The highest BCUT2D eigenvalue weighted by Gasteiger charge is 2.80. The molecule has 2 saturated carbocycles. The first kappa shape index (κ1) is 16.2. The molecule has 2 aromatic heterocycles. The van der Waals surface area contributed by atoms with Crippen LogP contribution >= 0.6 is 23.2 Å². The van der Waals surface area contributed by atoms with Gasteiger partial charge in [-0.1, -0.05) is 18.5 Å². The highest BCUT2D eigenvalue weighted by Crippen LogP contribution is 2.74. The van der Waals surface area contributed by atoms with E-state index in [0.717, 1.165) is 0 Å². The maximum Gasteiger partial charge on any atom is 0.225 e. The van der Waals surface area contributed by atoms with Crippen LogP contribution in [-0.4, -0.2) is 49.2 Å². The summed E-state index contributed by atoms with van der Waals surface area (Å²) >= 11 is 12.2. The maximum atomic E-state index is 10.1. The van der Waals surface area contributed by atoms with Crippen molar-refractivity contribution in [3.8, 4) is 0 Å². The summed E-state index contributed by atoms with van der Waals surface area (Å²) in [5.41, 5.74) is 0.797. The molecule has 3 fully saturated rings. The van der Waals surface area contributed by atoms with E-state index in [1.807, 2.05) is 18.4 Å². The largest absolute Gasteiger partial charge is 0.396 e. The molecule has 6 atom stereocenters. The summed E-state index contributed by atoms with van der Waals surface area (Å²) in [6, 6.07) is -0.0547. The van der Waals surface area contributed by atoms with Crippen LogP contribution < -0.4 is 0 Å². The molecular formula is C16H18Cl2N4O3. The minimum absolute atomic E-state index is 0.0547. The number of halogens is 2. The zero-order chi connectivity index (χ0) is 17.7. The molecular weight excluding hydrogens is 367 g/mol. The van der Waals surface area contributed by atoms with Crippen LogP contribution in [0.25, 0.3) is 11.2 Å². The second-order valence-electron chi connectivity index (χ2n) is 7.70. The number of ether oxygens (including phenoxy) is 2. The van der Waals surface area contributed by atoms with Crippen molar-refractivity contribution in [2.75, 3.05) is 6.61 Å². The Morgan fingerprint density at radius 1 is 1.28 bits per heavy atom. The molecule has 1 N–H and O–H groups in total. The van der Waals surface area contributed by atoms with Gasteiger partial charge in [-0.25, -0.2) is 9.97 Å². The molecule has 0 unspecified atom stereocenters. The summed E-state index contributed by atoms with van der Waals surface area (Å²) in [6.45, 7) is 6.01. The molecule has 1 aliphatic heterocycles. The molecule has 7 nitrogen and oxygen atoms in total. The van der Waals surface area contributed by atoms with Crippen molar-refractivity contribution in [3.63, 3.8) is 0 Å². The molecule has 2 aliphatic carbocycles. The predicted octanol–water partition coefficient (Wildman–Crippen LogP) is 2.45. The number of hydrogen-bond acceptors (Lipinski definition) is 6. The third-order valence-corrected chi connectivity index (χ3v) is 6.64. The highest BCUT2D eigenvalue weighted by molar-refractivity contribution is 6.35. The first-order valence-corrected chi connectivity index (χ1v) is 9.08. The lowest BCUT2D eigenvalue weighted by Crippen LogP contribution is -2.35. The van der Waals surface area contributed by atoms with E-state index in [0.29, 0.717) is 17.1 Å². The number of hydrogen-bond donors (Lipinski definition) is 1. The van der Waals surface area contributed by atoms with Crippen molar-refractivity contribution in [1.82, 2.24) is 19.5 Å². The van der Waals surface area contributed by atoms with E-state index in [4.69, 9.17) is 32.7 Å². The Hall–Kier alpha value is -0.990. The Bertz CT molecular complexity index is 888. The van der Waals surface area contributed by atoms with Gasteiger partial charge >= 0.3 is 0 Å². The molecule has 5 rings (SSSR count). The molecule has 0 spiro atoms. The average Bonchev–Trinajstić information content (AvgIpc) is 2.84. The summed E-state index contributed by atoms with van der Waals surface area (Å²) in [7, 11) is 0. The maximum absolute atomic E-state index is 10.1. The van der Waals surface area contributed by atoms with Crippen LogP contribution in [-0.2, 0) is 9.47 Å². The number of aliphatic hydroxyl groups excluding tert-OH is 1. The van der Waals surface area contributed by atoms with Crippen LogP contribution in [0.3, 0.4) is 0 Å². The summed E-state index contributed by atoms with van der Waals surface area (Å²) in [5, 5.41) is 10.4. The number of imidazole rings is 1. The Morgan fingerprint density at radius 2 is 2.04 bits per heavy atom. The average molecular weight is 385 g/mol. The van der Waals surface area contributed by atoms with Crippen LogP contribution in [0.2, 0.25) is 10.4 Å². The Morgan fingerprint density at radius 3 is 2.76 bits per heavy atom. The van der Waals surface area contributed by atoms with E-state index in [9.17, 15) is 5.11 Å². The molecule has 0 radical (unpaired) electrons. The van der Waals surface area contributed by atoms with Crippen LogP contribution in [0.5, 0.6) is 0 Å². The summed E-state index contributed by atoms with van der Waals surface area (Å²) in [5.74, 6) is -0.163. The van der Waals surface area contributed by atoms with E-state index in [1.165, 1.54) is 0 Å². The molecule has 9 heteroatoms. The van der Waals surface area contributed by atoms with E-state index in [1.54, 1.807) is 6.33 Å². The molecule has 3 heterocycles. The minimum atomic E-state index is -0.691. The number of rotatable bonds is 2. The van der Waals surface area contributed by atoms with Crippen molar-refractivity contribution in [2.24, 2.45) is 17.3 Å². The SMILES string of the molecule is C[C@@H]1[C@@H]2[C@@H](n3cnc4c(Cl)nc(Cl)nc43)[C@@H]3OC(C)(C)O[C@@H]3[C@@]21CO. The first-order valence-electron chi connectivity index (χ1n) is 8.32. The van der Waals surface area contributed by atoms with Gasteiger partial charge in [-0.2, -0.15) is 4.98 Å². The van der Waals surface area contributed by atoms with Crippen molar-refractivity contribution < 1.29 is 14.6 Å². The highest BCUT2D eigenvalue weighted by atomic mass is 35.5. The number of nitrogens with zero attached hydrogens (tertiary/aromatic N) is 4. The van der Waals surface area contributed by atoms with Crippen molar-refractivity contribution in [3.05, 3.63) is 16.8 Å². The second-order valence-corrected chi connectivity index (χ2v) is 8.40. The lowest BCUT2D eigenvalue weighted by Gasteiger charge is -2.25. The molecule has 0 bridgehead atoms. The van der Waals surface area contributed by atoms with Crippen LogP contribution in [0.1, 0.15) is 26.8 Å². The summed E-state index contributed by atoms with van der Waals surface area (Å²) in [6.07, 6.45) is 1.35. The molecule has 0 aromatic carbocycles. The number of fused-ring (bicyclic) bond motifs is 4. The third-order valence-electron chi connectivity index (χ3n) is 6.21. The summed E-state index contributed by atoms with van der Waals surface area (Å²) in [4.78, 5) is 12.7. The van der Waals surface area contributed by atoms with Gasteiger partial charge in [0.25, 0.3) is 0 Å². The van der Waals surface area contributed by atoms with Crippen LogP contribution in [0, 0.1) is 17.3 Å². The lowest BCUT2D eigenvalue weighted by molar-refractivity contribution is -0.163. The van der Waals surface area contributed by atoms with E-state index in [-0.39, 0.29) is 46.6 Å². The van der Waals surface area contributed by atoms with Crippen LogP contribution in [0.4, 0.5) is 0 Å². The van der Waals surface area contributed by atoms with Gasteiger partial charge in [0.15, 0.2) is 16.6 Å². The molecule has 3 aliphatic rings. The Labute approximate surface area is 154 Å². The normalized spacial score (nSPS) is 41.1. The Balaban J connectivity index is 1.67. The molecule has 2 aromatic rings. The topological polar surface area (TPSA) is 82.3 Å². The molecule has 1 saturated heterocycles. The van der Waals surface area contributed by atoms with Gasteiger partial charge in [0.05, 0.1) is 25.1 Å². The molecule has 0 amide bonds. The van der Waals surface area contributed by atoms with Gasteiger partial charge in [0, 0.05) is 5.41 Å². The second kappa shape index (κ2) is 4.84. The van der Waals surface area contributed by atoms with Gasteiger partial charge in [0.1, 0.15) is 11.6 Å². The van der Waals surface area contributed by atoms with E-state index in [2.05, 4.69) is 21.9 Å². The van der Waals surface area contributed by atoms with Gasteiger partial charge in [0.2, 0.25) is 5.28 Å². The van der Waals surface area contributed by atoms with Crippen molar-refractivity contribution >= 4 is 34.4 Å². The van der Waals surface area contributed by atoms with Crippen molar-refractivity contribution in [2.45, 2.75) is 44.8 Å². The van der Waals surface area contributed by atoms with Gasteiger partial charge in [-0.05, 0) is 37.3 Å².